The van der Waals surface area contributed by atoms with Gasteiger partial charge in [0.15, 0.2) is 3.79 Å². The molecule has 96 valence electrons. The van der Waals surface area contributed by atoms with Crippen LogP contribution in [0.3, 0.4) is 0 Å². The lowest BCUT2D eigenvalue weighted by molar-refractivity contribution is 0.843. The van der Waals surface area contributed by atoms with Crippen molar-refractivity contribution in [2.75, 3.05) is 0 Å². The van der Waals surface area contributed by atoms with Crippen LogP contribution < -0.4 is 5.19 Å². The molecule has 0 aliphatic rings. The van der Waals surface area contributed by atoms with Gasteiger partial charge >= 0.3 is 0 Å². The molecule has 0 saturated heterocycles. The standard InChI is InChI=1S/C12H16BrCl3Si/c1-17(2,3)10-6-4-9(5-7-10)11(13)8-12(14,15)16/h4-7,11H,8H2,1-3H3/t11-/m0/s1. The fourth-order valence-corrected chi connectivity index (χ4v) is 4.49. The molecule has 0 unspecified atom stereocenters. The highest BCUT2D eigenvalue weighted by Crippen LogP contribution is 2.40. The number of alkyl halides is 4. The highest BCUT2D eigenvalue weighted by atomic mass is 79.9. The number of hydrogen-bond donors (Lipinski definition) is 0. The van der Waals surface area contributed by atoms with Gasteiger partial charge < -0.3 is 0 Å². The third-order valence-electron chi connectivity index (χ3n) is 2.55. The maximum atomic E-state index is 5.79. The maximum Gasteiger partial charge on any atom is 0.192 e. The Morgan fingerprint density at radius 2 is 1.59 bits per heavy atom. The minimum atomic E-state index is -1.23. The fraction of sp³-hybridized carbons (Fsp3) is 0.500. The van der Waals surface area contributed by atoms with Gasteiger partial charge in [0.1, 0.15) is 0 Å². The summed E-state index contributed by atoms with van der Waals surface area (Å²) in [5, 5.41) is 1.44. The molecule has 0 spiro atoms. The van der Waals surface area contributed by atoms with Crippen LogP contribution in [-0.2, 0) is 0 Å². The van der Waals surface area contributed by atoms with Crippen molar-refractivity contribution in [3.8, 4) is 0 Å². The van der Waals surface area contributed by atoms with Crippen molar-refractivity contribution in [2.45, 2.75) is 34.7 Å². The minimum Gasteiger partial charge on any atom is -0.0837 e. The molecule has 0 amide bonds. The molecule has 0 fully saturated rings. The molecule has 1 rings (SSSR count). The Morgan fingerprint density at radius 3 is 1.94 bits per heavy atom. The van der Waals surface area contributed by atoms with Gasteiger partial charge in [-0.2, -0.15) is 0 Å². The smallest absolute Gasteiger partial charge is 0.0837 e. The van der Waals surface area contributed by atoms with E-state index in [1.165, 1.54) is 5.19 Å². The molecule has 0 aliphatic carbocycles. The highest BCUT2D eigenvalue weighted by molar-refractivity contribution is 9.09. The van der Waals surface area contributed by atoms with Gasteiger partial charge in [-0.05, 0) is 5.56 Å². The Labute approximate surface area is 128 Å². The summed E-state index contributed by atoms with van der Waals surface area (Å²) in [5.74, 6) is 0. The number of benzene rings is 1. The van der Waals surface area contributed by atoms with E-state index in [-0.39, 0.29) is 4.83 Å². The van der Waals surface area contributed by atoms with E-state index in [4.69, 9.17) is 34.8 Å². The topological polar surface area (TPSA) is 0 Å². The molecule has 1 aromatic carbocycles. The SMILES string of the molecule is C[Si](C)(C)c1ccc([C@@H](Br)CC(Cl)(Cl)Cl)cc1. The van der Waals surface area contributed by atoms with Crippen molar-refractivity contribution in [1.82, 2.24) is 0 Å². The van der Waals surface area contributed by atoms with Crippen LogP contribution in [0.4, 0.5) is 0 Å². The maximum absolute atomic E-state index is 5.79. The van der Waals surface area contributed by atoms with Crippen molar-refractivity contribution in [1.29, 1.82) is 0 Å². The molecule has 0 N–H and O–H groups in total. The third kappa shape index (κ3) is 5.52. The molecule has 0 aromatic heterocycles. The summed E-state index contributed by atoms with van der Waals surface area (Å²) >= 11 is 20.9. The van der Waals surface area contributed by atoms with Crippen LogP contribution in [0.2, 0.25) is 19.6 Å². The van der Waals surface area contributed by atoms with Gasteiger partial charge in [-0.15, -0.1) is 0 Å². The Morgan fingerprint density at radius 1 is 1.12 bits per heavy atom. The molecule has 0 aliphatic heterocycles. The number of rotatable bonds is 3. The van der Waals surface area contributed by atoms with E-state index in [2.05, 4.69) is 59.8 Å². The molecule has 0 nitrogen and oxygen atoms in total. The van der Waals surface area contributed by atoms with E-state index in [9.17, 15) is 0 Å². The first kappa shape index (κ1) is 15.8. The van der Waals surface area contributed by atoms with Gasteiger partial charge in [-0.25, -0.2) is 0 Å². The van der Waals surface area contributed by atoms with Gasteiger partial charge in [0, 0.05) is 11.2 Å². The van der Waals surface area contributed by atoms with E-state index in [1.54, 1.807) is 0 Å². The van der Waals surface area contributed by atoms with Crippen molar-refractivity contribution >= 4 is 64.0 Å². The molecule has 1 atom stereocenters. The van der Waals surface area contributed by atoms with Crippen molar-refractivity contribution in [2.24, 2.45) is 0 Å². The summed E-state index contributed by atoms with van der Waals surface area (Å²) < 4.78 is -1.22. The largest absolute Gasteiger partial charge is 0.192 e. The second-order valence-electron chi connectivity index (χ2n) is 5.16. The van der Waals surface area contributed by atoms with Crippen molar-refractivity contribution in [3.05, 3.63) is 29.8 Å². The van der Waals surface area contributed by atoms with E-state index < -0.39 is 11.9 Å². The average molecular weight is 375 g/mol. The van der Waals surface area contributed by atoms with Crippen molar-refractivity contribution < 1.29 is 0 Å². The van der Waals surface area contributed by atoms with Crippen LogP contribution in [0, 0.1) is 0 Å². The Kier molecular flexibility index (Phi) is 5.43. The van der Waals surface area contributed by atoms with E-state index >= 15 is 0 Å². The number of halogens is 4. The molecule has 17 heavy (non-hydrogen) atoms. The Balaban J connectivity index is 2.81. The first-order valence-electron chi connectivity index (χ1n) is 5.41. The summed E-state index contributed by atoms with van der Waals surface area (Å²) in [7, 11) is -1.23. The Hall–Kier alpha value is 0.787. The van der Waals surface area contributed by atoms with Crippen LogP contribution in [0.1, 0.15) is 16.8 Å². The third-order valence-corrected chi connectivity index (χ3v) is 5.93. The van der Waals surface area contributed by atoms with E-state index in [0.717, 1.165) is 5.56 Å². The first-order chi connectivity index (χ1) is 7.59. The quantitative estimate of drug-likeness (QED) is 0.489. The van der Waals surface area contributed by atoms with Crippen LogP contribution in [0.5, 0.6) is 0 Å². The van der Waals surface area contributed by atoms with Crippen LogP contribution >= 0.6 is 50.7 Å². The zero-order valence-electron chi connectivity index (χ0n) is 10.1. The molecule has 0 saturated carbocycles. The summed E-state index contributed by atoms with van der Waals surface area (Å²) in [6, 6.07) is 8.61. The Bertz CT molecular complexity index is 365. The van der Waals surface area contributed by atoms with Gasteiger partial charge in [0.25, 0.3) is 0 Å². The predicted molar refractivity (Wildman–Crippen MR) is 86.0 cm³/mol. The van der Waals surface area contributed by atoms with E-state index in [1.807, 2.05) is 0 Å². The summed E-state index contributed by atoms with van der Waals surface area (Å²) in [6.07, 6.45) is 0.462. The highest BCUT2D eigenvalue weighted by Gasteiger charge is 2.25. The molecule has 0 heterocycles. The van der Waals surface area contributed by atoms with E-state index in [0.29, 0.717) is 6.42 Å². The van der Waals surface area contributed by atoms with Gasteiger partial charge in [0.05, 0.1) is 8.07 Å². The number of hydrogen-bond acceptors (Lipinski definition) is 0. The summed E-state index contributed by atoms with van der Waals surface area (Å²) in [6.45, 7) is 6.98. The zero-order chi connectivity index (χ0) is 13.3. The fourth-order valence-electron chi connectivity index (χ4n) is 1.51. The summed E-state index contributed by atoms with van der Waals surface area (Å²) in [4.78, 5) is 0.0747. The molecule has 0 bridgehead atoms. The zero-order valence-corrected chi connectivity index (χ0v) is 15.0. The lowest BCUT2D eigenvalue weighted by Crippen LogP contribution is -2.37. The van der Waals surface area contributed by atoms with Crippen LogP contribution in [0.15, 0.2) is 24.3 Å². The predicted octanol–water partition coefficient (Wildman–Crippen LogP) is 5.43. The van der Waals surface area contributed by atoms with Crippen LogP contribution in [-0.4, -0.2) is 11.9 Å². The second kappa shape index (κ2) is 5.83. The molecule has 5 heteroatoms. The minimum absolute atomic E-state index is 0.0747. The van der Waals surface area contributed by atoms with Gasteiger partial charge in [-0.3, -0.25) is 0 Å². The monoisotopic (exact) mass is 372 g/mol. The van der Waals surface area contributed by atoms with Gasteiger partial charge in [0.2, 0.25) is 0 Å². The normalized spacial score (nSPS) is 14.8. The molecular weight excluding hydrogens is 358 g/mol. The van der Waals surface area contributed by atoms with Crippen molar-refractivity contribution in [3.63, 3.8) is 0 Å². The van der Waals surface area contributed by atoms with Crippen LogP contribution in [0.25, 0.3) is 0 Å². The lowest BCUT2D eigenvalue weighted by Gasteiger charge is -2.19. The first-order valence-corrected chi connectivity index (χ1v) is 11.0. The van der Waals surface area contributed by atoms with Gasteiger partial charge in [-0.1, -0.05) is 99.8 Å². The summed E-state index contributed by atoms with van der Waals surface area (Å²) in [5.41, 5.74) is 1.15. The molecule has 1 aromatic rings. The molecular formula is C12H16BrCl3Si. The second-order valence-corrected chi connectivity index (χ2v) is 13.9. The lowest BCUT2D eigenvalue weighted by atomic mass is 10.1. The molecule has 0 radical (unpaired) electrons. The average Bonchev–Trinajstić information content (AvgIpc) is 2.14.